The minimum Gasteiger partial charge on any atom is -0.485 e. The Morgan fingerprint density at radius 3 is 2.46 bits per heavy atom. The van der Waals surface area contributed by atoms with Crippen LogP contribution >= 0.6 is 23.2 Å². The number of nitrogens with zero attached hydrogens (tertiary/aromatic N) is 2. The molecule has 0 amide bonds. The summed E-state index contributed by atoms with van der Waals surface area (Å²) in [6.45, 7) is 2.09. The largest absolute Gasteiger partial charge is 0.485 e. The number of rotatable bonds is 5. The van der Waals surface area contributed by atoms with Crippen LogP contribution in [-0.4, -0.2) is 15.2 Å². The Balaban J connectivity index is 1.59. The third kappa shape index (κ3) is 3.61. The number of aryl methyl sites for hydroxylation is 1. The molecule has 0 aliphatic heterocycles. The fourth-order valence-electron chi connectivity index (χ4n) is 3.00. The molecule has 0 unspecified atom stereocenters. The van der Waals surface area contributed by atoms with Crippen LogP contribution in [0.4, 0.5) is 0 Å². The van der Waals surface area contributed by atoms with Crippen molar-refractivity contribution in [1.29, 1.82) is 0 Å². The maximum absolute atomic E-state index is 12.6. The Kier molecular flexibility index (Phi) is 5.07. The SMILES string of the molecule is Cc1cn2cccc(OCc3c(Cl)cc(C(=O)c4ccccc4)cc3Cl)c2n1. The fourth-order valence-corrected chi connectivity index (χ4v) is 3.60. The second kappa shape index (κ2) is 7.66. The molecule has 4 rings (SSSR count). The predicted octanol–water partition coefficient (Wildman–Crippen LogP) is 5.76. The highest BCUT2D eigenvalue weighted by atomic mass is 35.5. The molecule has 0 atom stereocenters. The van der Waals surface area contributed by atoms with Crippen molar-refractivity contribution >= 4 is 34.6 Å². The van der Waals surface area contributed by atoms with Gasteiger partial charge in [0.15, 0.2) is 17.2 Å². The van der Waals surface area contributed by atoms with E-state index in [9.17, 15) is 4.79 Å². The van der Waals surface area contributed by atoms with Crippen LogP contribution in [0.2, 0.25) is 10.0 Å². The number of ketones is 1. The highest BCUT2D eigenvalue weighted by Crippen LogP contribution is 2.30. The third-order valence-corrected chi connectivity index (χ3v) is 5.05. The molecule has 140 valence electrons. The molecule has 0 aliphatic rings. The van der Waals surface area contributed by atoms with Gasteiger partial charge in [-0.2, -0.15) is 0 Å². The van der Waals surface area contributed by atoms with Gasteiger partial charge >= 0.3 is 0 Å². The number of hydrogen-bond donors (Lipinski definition) is 0. The van der Waals surface area contributed by atoms with E-state index >= 15 is 0 Å². The lowest BCUT2D eigenvalue weighted by molar-refractivity contribution is 0.103. The highest BCUT2D eigenvalue weighted by Gasteiger charge is 2.16. The molecule has 2 aromatic carbocycles. The molecule has 6 heteroatoms. The molecule has 0 saturated heterocycles. The molecule has 2 heterocycles. The van der Waals surface area contributed by atoms with Crippen molar-refractivity contribution in [2.24, 2.45) is 0 Å². The van der Waals surface area contributed by atoms with Crippen molar-refractivity contribution in [1.82, 2.24) is 9.38 Å². The number of ether oxygens (including phenoxy) is 1. The van der Waals surface area contributed by atoms with Crippen LogP contribution in [0.15, 0.2) is 67.0 Å². The lowest BCUT2D eigenvalue weighted by Gasteiger charge is -2.12. The van der Waals surface area contributed by atoms with Crippen LogP contribution in [0.5, 0.6) is 5.75 Å². The van der Waals surface area contributed by atoms with E-state index in [-0.39, 0.29) is 12.4 Å². The predicted molar refractivity (Wildman–Crippen MR) is 111 cm³/mol. The summed E-state index contributed by atoms with van der Waals surface area (Å²) < 4.78 is 7.83. The van der Waals surface area contributed by atoms with Gasteiger partial charge in [0.05, 0.1) is 5.69 Å². The first-order valence-electron chi connectivity index (χ1n) is 8.68. The smallest absolute Gasteiger partial charge is 0.193 e. The second-order valence-corrected chi connectivity index (χ2v) is 7.20. The van der Waals surface area contributed by atoms with Crippen molar-refractivity contribution in [3.8, 4) is 5.75 Å². The summed E-state index contributed by atoms with van der Waals surface area (Å²) in [7, 11) is 0. The molecule has 0 saturated carbocycles. The molecule has 0 bridgehead atoms. The summed E-state index contributed by atoms with van der Waals surface area (Å²) in [5.74, 6) is 0.502. The summed E-state index contributed by atoms with van der Waals surface area (Å²) in [4.78, 5) is 17.1. The van der Waals surface area contributed by atoms with Gasteiger partial charge in [0, 0.05) is 39.1 Å². The van der Waals surface area contributed by atoms with Crippen LogP contribution in [0, 0.1) is 6.92 Å². The molecule has 4 aromatic rings. The first kappa shape index (κ1) is 18.5. The van der Waals surface area contributed by atoms with Crippen LogP contribution in [0.25, 0.3) is 5.65 Å². The average molecular weight is 411 g/mol. The van der Waals surface area contributed by atoms with Crippen LogP contribution in [-0.2, 0) is 6.61 Å². The summed E-state index contributed by atoms with van der Waals surface area (Å²) in [6, 6.07) is 16.0. The first-order chi connectivity index (χ1) is 13.5. The van der Waals surface area contributed by atoms with E-state index in [1.54, 1.807) is 24.3 Å². The number of benzene rings is 2. The number of fused-ring (bicyclic) bond motifs is 1. The average Bonchev–Trinajstić information content (AvgIpc) is 3.08. The van der Waals surface area contributed by atoms with Crippen molar-refractivity contribution < 1.29 is 9.53 Å². The van der Waals surface area contributed by atoms with Crippen molar-refractivity contribution in [2.75, 3.05) is 0 Å². The minimum absolute atomic E-state index is 0.130. The van der Waals surface area contributed by atoms with Crippen molar-refractivity contribution in [2.45, 2.75) is 13.5 Å². The van der Waals surface area contributed by atoms with E-state index in [0.717, 1.165) is 11.3 Å². The first-order valence-corrected chi connectivity index (χ1v) is 9.43. The number of imidazole rings is 1. The molecule has 4 nitrogen and oxygen atoms in total. The normalized spacial score (nSPS) is 11.0. The lowest BCUT2D eigenvalue weighted by Crippen LogP contribution is -2.04. The zero-order valence-electron chi connectivity index (χ0n) is 15.0. The van der Waals surface area contributed by atoms with Gasteiger partial charge < -0.3 is 9.14 Å². The molecule has 0 radical (unpaired) electrons. The zero-order chi connectivity index (χ0) is 19.7. The van der Waals surface area contributed by atoms with Gasteiger partial charge in [-0.05, 0) is 31.2 Å². The number of carbonyl (C=O) groups is 1. The van der Waals surface area contributed by atoms with E-state index in [4.69, 9.17) is 27.9 Å². The third-order valence-electron chi connectivity index (χ3n) is 4.38. The molecule has 0 spiro atoms. The van der Waals surface area contributed by atoms with E-state index in [1.165, 1.54) is 0 Å². The number of aromatic nitrogens is 2. The molecular formula is C22H16Cl2N2O2. The number of carbonyl (C=O) groups excluding carboxylic acids is 1. The summed E-state index contributed by atoms with van der Waals surface area (Å²) in [6.07, 6.45) is 3.83. The number of hydrogen-bond acceptors (Lipinski definition) is 3. The molecule has 0 N–H and O–H groups in total. The van der Waals surface area contributed by atoms with E-state index < -0.39 is 0 Å². The van der Waals surface area contributed by atoms with Gasteiger partial charge in [0.1, 0.15) is 6.61 Å². The van der Waals surface area contributed by atoms with E-state index in [2.05, 4.69) is 4.98 Å². The Morgan fingerprint density at radius 2 is 1.75 bits per heavy atom. The van der Waals surface area contributed by atoms with Crippen LogP contribution < -0.4 is 4.74 Å². The zero-order valence-corrected chi connectivity index (χ0v) is 16.5. The van der Waals surface area contributed by atoms with Gasteiger partial charge in [-0.15, -0.1) is 0 Å². The van der Waals surface area contributed by atoms with Crippen LogP contribution in [0.1, 0.15) is 27.2 Å². The molecule has 0 aliphatic carbocycles. The van der Waals surface area contributed by atoms with Gasteiger partial charge in [-0.1, -0.05) is 53.5 Å². The van der Waals surface area contributed by atoms with E-state index in [0.29, 0.717) is 32.5 Å². The minimum atomic E-state index is -0.130. The number of pyridine rings is 1. The quantitative estimate of drug-likeness (QED) is 0.392. The molecule has 0 fully saturated rings. The number of halogens is 2. The standard InChI is InChI=1S/C22H16Cl2N2O2/c1-14-12-26-9-5-8-20(22(26)25-14)28-13-17-18(23)10-16(11-19(17)24)21(27)15-6-3-2-4-7-15/h2-12H,13H2,1H3. The fraction of sp³-hybridized carbons (Fsp3) is 0.0909. The van der Waals surface area contributed by atoms with Gasteiger partial charge in [-0.25, -0.2) is 4.98 Å². The van der Waals surface area contributed by atoms with Crippen molar-refractivity contribution in [3.63, 3.8) is 0 Å². The second-order valence-electron chi connectivity index (χ2n) is 6.39. The Bertz CT molecular complexity index is 1150. The highest BCUT2D eigenvalue weighted by molar-refractivity contribution is 6.36. The van der Waals surface area contributed by atoms with Gasteiger partial charge in [0.25, 0.3) is 0 Å². The lowest BCUT2D eigenvalue weighted by atomic mass is 10.0. The van der Waals surface area contributed by atoms with E-state index in [1.807, 2.05) is 54.0 Å². The monoisotopic (exact) mass is 410 g/mol. The summed E-state index contributed by atoms with van der Waals surface area (Å²) >= 11 is 12.8. The van der Waals surface area contributed by atoms with Gasteiger partial charge in [-0.3, -0.25) is 4.79 Å². The Labute approximate surface area is 172 Å². The maximum atomic E-state index is 12.6. The summed E-state index contributed by atoms with van der Waals surface area (Å²) in [5, 5.41) is 0.775. The molecule has 2 aromatic heterocycles. The molecular weight excluding hydrogens is 395 g/mol. The maximum Gasteiger partial charge on any atom is 0.193 e. The summed E-state index contributed by atoms with van der Waals surface area (Å²) in [5.41, 5.74) is 3.27. The topological polar surface area (TPSA) is 43.6 Å². The Hall–Kier alpha value is -2.82. The Morgan fingerprint density at radius 1 is 1.04 bits per heavy atom. The molecule has 28 heavy (non-hydrogen) atoms. The van der Waals surface area contributed by atoms with Gasteiger partial charge in [0.2, 0.25) is 0 Å². The van der Waals surface area contributed by atoms with Crippen LogP contribution in [0.3, 0.4) is 0 Å². The van der Waals surface area contributed by atoms with Crippen molar-refractivity contribution in [3.05, 3.63) is 99.4 Å².